The standard InChI is InChI=1S/C77H148O17P2/c1-5-9-13-17-21-25-29-32-35-38-42-45-49-53-57-61-74(79)87-67-72(93-76(81)63-59-55-51-47-41-28-24-20-16-12-8-4)69-91-95(83,84)89-65-71(78)66-90-96(85,86)92-70-73(94-77(82)64-60-56-52-48-44-40-37-34-31-27-23-19-15-11-7-3)68-88-75(80)62-58-54-50-46-43-39-36-33-30-26-22-18-14-10-6-2/h20,24,71-73,78H,5-19,21-23,25-70H2,1-4H3,(H,83,84)(H,85,86)/b24-20-. The molecule has 0 aliphatic carbocycles. The highest BCUT2D eigenvalue weighted by atomic mass is 31.2. The second kappa shape index (κ2) is 71.2. The molecule has 0 radical (unpaired) electrons. The third-order valence-electron chi connectivity index (χ3n) is 17.8. The van der Waals surface area contributed by atoms with E-state index in [9.17, 15) is 43.2 Å². The lowest BCUT2D eigenvalue weighted by Crippen LogP contribution is -2.30. The molecule has 5 unspecified atom stereocenters. The Morgan fingerprint density at radius 3 is 0.750 bits per heavy atom. The van der Waals surface area contributed by atoms with E-state index in [4.69, 9.17) is 37.0 Å². The van der Waals surface area contributed by atoms with Crippen molar-refractivity contribution in [3.8, 4) is 0 Å². The summed E-state index contributed by atoms with van der Waals surface area (Å²) in [4.78, 5) is 72.9. The number of phosphoric acid groups is 2. The van der Waals surface area contributed by atoms with E-state index in [1.54, 1.807) is 0 Å². The Morgan fingerprint density at radius 1 is 0.281 bits per heavy atom. The summed E-state index contributed by atoms with van der Waals surface area (Å²) in [6, 6.07) is 0. The molecule has 0 bridgehead atoms. The van der Waals surface area contributed by atoms with Crippen LogP contribution in [-0.4, -0.2) is 96.7 Å². The number of esters is 4. The van der Waals surface area contributed by atoms with E-state index in [-0.39, 0.29) is 25.7 Å². The van der Waals surface area contributed by atoms with Gasteiger partial charge < -0.3 is 33.8 Å². The van der Waals surface area contributed by atoms with E-state index in [1.165, 1.54) is 218 Å². The molecular weight excluding hydrogens is 1260 g/mol. The van der Waals surface area contributed by atoms with Crippen molar-refractivity contribution in [2.75, 3.05) is 39.6 Å². The van der Waals surface area contributed by atoms with Crippen LogP contribution in [-0.2, 0) is 65.4 Å². The molecule has 3 N–H and O–H groups in total. The van der Waals surface area contributed by atoms with Gasteiger partial charge in [-0.2, -0.15) is 0 Å². The Labute approximate surface area is 587 Å². The predicted octanol–water partition coefficient (Wildman–Crippen LogP) is 22.8. The first-order valence-electron chi connectivity index (χ1n) is 39.9. The van der Waals surface area contributed by atoms with Crippen LogP contribution in [0.1, 0.15) is 400 Å². The maximum atomic E-state index is 13.1. The van der Waals surface area contributed by atoms with Crippen LogP contribution in [0.15, 0.2) is 12.2 Å². The highest BCUT2D eigenvalue weighted by Crippen LogP contribution is 2.45. The van der Waals surface area contributed by atoms with Crippen LogP contribution in [0, 0.1) is 0 Å². The zero-order valence-electron chi connectivity index (χ0n) is 62.1. The first-order valence-corrected chi connectivity index (χ1v) is 42.9. The molecule has 0 amide bonds. The Balaban J connectivity index is 5.25. The van der Waals surface area contributed by atoms with Crippen molar-refractivity contribution in [1.29, 1.82) is 0 Å². The molecule has 0 aromatic heterocycles. The predicted molar refractivity (Wildman–Crippen MR) is 391 cm³/mol. The highest BCUT2D eigenvalue weighted by molar-refractivity contribution is 7.47. The van der Waals surface area contributed by atoms with Gasteiger partial charge in [0.2, 0.25) is 0 Å². The Morgan fingerprint density at radius 2 is 0.490 bits per heavy atom. The minimum atomic E-state index is -4.96. The van der Waals surface area contributed by atoms with E-state index >= 15 is 0 Å². The van der Waals surface area contributed by atoms with Gasteiger partial charge in [-0.1, -0.05) is 342 Å². The number of hydrogen-bond donors (Lipinski definition) is 3. The molecule has 0 rings (SSSR count). The van der Waals surface area contributed by atoms with Crippen molar-refractivity contribution in [3.05, 3.63) is 12.2 Å². The summed E-state index contributed by atoms with van der Waals surface area (Å²) < 4.78 is 68.6. The monoisotopic (exact) mass is 1410 g/mol. The Bertz CT molecular complexity index is 1870. The van der Waals surface area contributed by atoms with Crippen molar-refractivity contribution in [3.63, 3.8) is 0 Å². The number of carbonyl (C=O) groups is 4. The third kappa shape index (κ3) is 70.2. The van der Waals surface area contributed by atoms with Gasteiger partial charge >= 0.3 is 39.5 Å². The van der Waals surface area contributed by atoms with E-state index in [2.05, 4.69) is 39.8 Å². The van der Waals surface area contributed by atoms with Crippen LogP contribution in [0.5, 0.6) is 0 Å². The van der Waals surface area contributed by atoms with E-state index in [0.29, 0.717) is 25.7 Å². The number of aliphatic hydroxyl groups excluding tert-OH is 1. The van der Waals surface area contributed by atoms with Gasteiger partial charge in [0.1, 0.15) is 19.3 Å². The number of carbonyl (C=O) groups excluding carboxylic acids is 4. The number of hydrogen-bond acceptors (Lipinski definition) is 15. The molecule has 568 valence electrons. The molecule has 0 aromatic rings. The molecule has 0 aliphatic rings. The Hall–Kier alpha value is -2.20. The molecule has 5 atom stereocenters. The van der Waals surface area contributed by atoms with Gasteiger partial charge in [-0.05, 0) is 44.9 Å². The number of ether oxygens (including phenoxy) is 4. The summed E-state index contributed by atoms with van der Waals surface area (Å²) in [6.45, 7) is 4.95. The van der Waals surface area contributed by atoms with Gasteiger partial charge in [-0.3, -0.25) is 37.3 Å². The largest absolute Gasteiger partial charge is 0.472 e. The quantitative estimate of drug-likeness (QED) is 0.0169. The van der Waals surface area contributed by atoms with Crippen LogP contribution in [0.25, 0.3) is 0 Å². The van der Waals surface area contributed by atoms with Gasteiger partial charge in [0, 0.05) is 25.7 Å². The van der Waals surface area contributed by atoms with Gasteiger partial charge in [0.05, 0.1) is 26.4 Å². The molecule has 17 nitrogen and oxygen atoms in total. The topological polar surface area (TPSA) is 237 Å². The van der Waals surface area contributed by atoms with E-state index in [1.807, 2.05) is 0 Å². The molecule has 19 heteroatoms. The minimum absolute atomic E-state index is 0.0941. The van der Waals surface area contributed by atoms with Gasteiger partial charge in [0.15, 0.2) is 12.2 Å². The molecule has 0 saturated heterocycles. The lowest BCUT2D eigenvalue weighted by molar-refractivity contribution is -0.161. The van der Waals surface area contributed by atoms with Gasteiger partial charge in [-0.15, -0.1) is 0 Å². The van der Waals surface area contributed by atoms with Crippen LogP contribution in [0.4, 0.5) is 0 Å². The average molecular weight is 1410 g/mol. The van der Waals surface area contributed by atoms with Crippen LogP contribution < -0.4 is 0 Å². The van der Waals surface area contributed by atoms with Crippen molar-refractivity contribution in [2.24, 2.45) is 0 Å². The number of phosphoric ester groups is 2. The van der Waals surface area contributed by atoms with Crippen LogP contribution in [0.2, 0.25) is 0 Å². The molecule has 96 heavy (non-hydrogen) atoms. The normalized spacial score (nSPS) is 13.9. The lowest BCUT2D eigenvalue weighted by atomic mass is 10.0. The maximum Gasteiger partial charge on any atom is 0.472 e. The highest BCUT2D eigenvalue weighted by Gasteiger charge is 2.30. The molecule has 0 heterocycles. The number of rotatable bonds is 77. The summed E-state index contributed by atoms with van der Waals surface area (Å²) in [6.07, 6.45) is 63.3. The summed E-state index contributed by atoms with van der Waals surface area (Å²) >= 11 is 0. The lowest BCUT2D eigenvalue weighted by Gasteiger charge is -2.21. The van der Waals surface area contributed by atoms with Gasteiger partial charge in [-0.25, -0.2) is 9.13 Å². The first-order chi connectivity index (χ1) is 46.7. The zero-order chi connectivity index (χ0) is 70.4. The maximum absolute atomic E-state index is 13.1. The zero-order valence-corrected chi connectivity index (χ0v) is 63.9. The first kappa shape index (κ1) is 93.8. The summed E-state index contributed by atoms with van der Waals surface area (Å²) in [5.41, 5.74) is 0. The molecule has 0 spiro atoms. The molecular formula is C77H148O17P2. The average Bonchev–Trinajstić information content (AvgIpc) is 1.98. The number of aliphatic hydroxyl groups is 1. The van der Waals surface area contributed by atoms with E-state index < -0.39 is 97.5 Å². The molecule has 0 aliphatic heterocycles. The van der Waals surface area contributed by atoms with Crippen LogP contribution in [0.3, 0.4) is 0 Å². The van der Waals surface area contributed by atoms with Crippen molar-refractivity contribution < 1.29 is 80.2 Å². The van der Waals surface area contributed by atoms with Crippen molar-refractivity contribution in [2.45, 2.75) is 418 Å². The smallest absolute Gasteiger partial charge is 0.462 e. The van der Waals surface area contributed by atoms with Crippen LogP contribution >= 0.6 is 15.6 Å². The number of allylic oxidation sites excluding steroid dienone is 2. The fourth-order valence-electron chi connectivity index (χ4n) is 11.6. The fraction of sp³-hybridized carbons (Fsp3) is 0.922. The molecule has 0 saturated carbocycles. The van der Waals surface area contributed by atoms with Crippen molar-refractivity contribution in [1.82, 2.24) is 0 Å². The second-order valence-corrected chi connectivity index (χ2v) is 30.3. The van der Waals surface area contributed by atoms with Gasteiger partial charge in [0.25, 0.3) is 0 Å². The number of unbranched alkanes of at least 4 members (excludes halogenated alkanes) is 49. The van der Waals surface area contributed by atoms with E-state index in [0.717, 1.165) is 103 Å². The fourth-order valence-corrected chi connectivity index (χ4v) is 13.2. The SMILES string of the molecule is CCCC/C=C\CCCCCCCC(=O)OC(COC(=O)CCCCCCCCCCCCCCCCC)COP(=O)(O)OCC(O)COP(=O)(O)OCC(COC(=O)CCCCCCCCCCCCCCCCC)OC(=O)CCCCCCCCCCCCCCCCC. The Kier molecular flexibility index (Phi) is 69.6. The summed E-state index contributed by atoms with van der Waals surface area (Å²) in [5.74, 6) is -2.13. The third-order valence-corrected chi connectivity index (χ3v) is 19.7. The molecule has 0 aromatic carbocycles. The second-order valence-electron chi connectivity index (χ2n) is 27.4. The minimum Gasteiger partial charge on any atom is -0.462 e. The molecule has 0 fully saturated rings. The summed E-state index contributed by atoms with van der Waals surface area (Å²) in [7, 11) is -9.92. The summed E-state index contributed by atoms with van der Waals surface area (Å²) in [5, 5.41) is 10.6. The van der Waals surface area contributed by atoms with Crippen molar-refractivity contribution >= 4 is 39.5 Å².